The van der Waals surface area contributed by atoms with Gasteiger partial charge in [0, 0.05) is 12.0 Å². The van der Waals surface area contributed by atoms with Crippen molar-refractivity contribution in [1.29, 1.82) is 0 Å². The minimum atomic E-state index is 0.258. The molecular formula is C13H16O2. The van der Waals surface area contributed by atoms with Crippen molar-refractivity contribution in [3.8, 4) is 5.75 Å². The Morgan fingerprint density at radius 1 is 1.27 bits per heavy atom. The molecule has 0 heterocycles. The Hall–Kier alpha value is -1.31. The number of ether oxygens (including phenoxy) is 1. The zero-order valence-electron chi connectivity index (χ0n) is 9.52. The molecule has 0 aromatic heterocycles. The van der Waals surface area contributed by atoms with E-state index < -0.39 is 0 Å². The van der Waals surface area contributed by atoms with Gasteiger partial charge in [-0.1, -0.05) is 0 Å². The summed E-state index contributed by atoms with van der Waals surface area (Å²) in [5.41, 5.74) is 4.50. The molecule has 1 aliphatic rings. The first kappa shape index (κ1) is 10.2. The van der Waals surface area contributed by atoms with Crippen LogP contribution in [0.2, 0.25) is 0 Å². The lowest BCUT2D eigenvalue weighted by atomic mass is 9.98. The number of Topliss-reactive ketones (excluding diaryl/α,β-unsaturated/α-hetero) is 1. The van der Waals surface area contributed by atoms with Crippen molar-refractivity contribution in [2.45, 2.75) is 33.6 Å². The van der Waals surface area contributed by atoms with Gasteiger partial charge >= 0.3 is 0 Å². The maximum atomic E-state index is 11.6. The first-order valence-corrected chi connectivity index (χ1v) is 5.44. The van der Waals surface area contributed by atoms with Gasteiger partial charge in [0.1, 0.15) is 5.75 Å². The van der Waals surface area contributed by atoms with Crippen LogP contribution in [0.15, 0.2) is 6.07 Å². The minimum Gasteiger partial charge on any atom is -0.494 e. The average Bonchev–Trinajstić information content (AvgIpc) is 2.57. The van der Waals surface area contributed by atoms with Crippen LogP contribution < -0.4 is 4.74 Å². The van der Waals surface area contributed by atoms with E-state index in [0.717, 1.165) is 17.7 Å². The summed E-state index contributed by atoms with van der Waals surface area (Å²) in [5, 5.41) is 0. The number of fused-ring (bicyclic) bond motifs is 1. The summed E-state index contributed by atoms with van der Waals surface area (Å²) in [6.45, 7) is 6.75. The fourth-order valence-electron chi connectivity index (χ4n) is 2.19. The molecule has 1 aromatic rings. The molecule has 0 fully saturated rings. The fourth-order valence-corrected chi connectivity index (χ4v) is 2.19. The number of carbonyl (C=O) groups is 1. The SMILES string of the molecule is CCOc1cc2c(c(C)c1C)CCC2=O. The molecule has 15 heavy (non-hydrogen) atoms. The van der Waals surface area contributed by atoms with Crippen molar-refractivity contribution in [2.75, 3.05) is 6.61 Å². The second-order valence-electron chi connectivity index (χ2n) is 4.01. The predicted molar refractivity (Wildman–Crippen MR) is 59.7 cm³/mol. The molecule has 1 aromatic carbocycles. The predicted octanol–water partition coefficient (Wildman–Crippen LogP) is 2.83. The fraction of sp³-hybridized carbons (Fsp3) is 0.462. The highest BCUT2D eigenvalue weighted by molar-refractivity contribution is 6.01. The third kappa shape index (κ3) is 1.54. The van der Waals surface area contributed by atoms with Gasteiger partial charge in [-0.15, -0.1) is 0 Å². The molecule has 2 heteroatoms. The Kier molecular flexibility index (Phi) is 2.51. The van der Waals surface area contributed by atoms with E-state index in [2.05, 4.69) is 13.8 Å². The lowest BCUT2D eigenvalue weighted by Gasteiger charge is -2.13. The van der Waals surface area contributed by atoms with E-state index in [0.29, 0.717) is 13.0 Å². The van der Waals surface area contributed by atoms with Crippen molar-refractivity contribution in [3.63, 3.8) is 0 Å². The summed E-state index contributed by atoms with van der Waals surface area (Å²) in [5.74, 6) is 1.12. The lowest BCUT2D eigenvalue weighted by molar-refractivity contribution is 0.0994. The molecule has 1 aliphatic carbocycles. The largest absolute Gasteiger partial charge is 0.494 e. The standard InChI is InChI=1S/C13H16O2/c1-4-15-13-7-11-10(5-6-12(11)14)8(2)9(13)3/h7H,4-6H2,1-3H3. The molecule has 0 spiro atoms. The van der Waals surface area contributed by atoms with Crippen LogP contribution in [0.4, 0.5) is 0 Å². The van der Waals surface area contributed by atoms with Gasteiger partial charge in [0.25, 0.3) is 0 Å². The Balaban J connectivity index is 2.57. The van der Waals surface area contributed by atoms with E-state index in [4.69, 9.17) is 4.74 Å². The summed E-state index contributed by atoms with van der Waals surface area (Å²) in [6.07, 6.45) is 1.55. The molecule has 0 radical (unpaired) electrons. The van der Waals surface area contributed by atoms with Gasteiger partial charge in [-0.3, -0.25) is 4.79 Å². The van der Waals surface area contributed by atoms with Crippen LogP contribution >= 0.6 is 0 Å². The molecule has 0 saturated carbocycles. The van der Waals surface area contributed by atoms with Gasteiger partial charge in [-0.2, -0.15) is 0 Å². The van der Waals surface area contributed by atoms with Crippen LogP contribution in [0, 0.1) is 13.8 Å². The number of hydrogen-bond acceptors (Lipinski definition) is 2. The van der Waals surface area contributed by atoms with E-state index in [1.807, 2.05) is 13.0 Å². The minimum absolute atomic E-state index is 0.258. The van der Waals surface area contributed by atoms with Crippen LogP contribution in [0.5, 0.6) is 5.75 Å². The third-order valence-electron chi connectivity index (χ3n) is 3.19. The molecule has 0 saturated heterocycles. The van der Waals surface area contributed by atoms with Gasteiger partial charge in [-0.05, 0) is 49.9 Å². The maximum Gasteiger partial charge on any atom is 0.163 e. The molecule has 0 aliphatic heterocycles. The number of carbonyl (C=O) groups excluding carboxylic acids is 1. The molecule has 80 valence electrons. The smallest absolute Gasteiger partial charge is 0.163 e. The van der Waals surface area contributed by atoms with Crippen molar-refractivity contribution >= 4 is 5.78 Å². The second kappa shape index (κ2) is 3.69. The van der Waals surface area contributed by atoms with Gasteiger partial charge in [0.15, 0.2) is 5.78 Å². The zero-order valence-corrected chi connectivity index (χ0v) is 9.52. The average molecular weight is 204 g/mol. The Labute approximate surface area is 90.3 Å². The van der Waals surface area contributed by atoms with Crippen LogP contribution in [0.3, 0.4) is 0 Å². The van der Waals surface area contributed by atoms with E-state index in [9.17, 15) is 4.79 Å². The quantitative estimate of drug-likeness (QED) is 0.740. The summed E-state index contributed by atoms with van der Waals surface area (Å²) < 4.78 is 5.54. The van der Waals surface area contributed by atoms with Crippen LogP contribution in [0.25, 0.3) is 0 Å². The maximum absolute atomic E-state index is 11.6. The van der Waals surface area contributed by atoms with Gasteiger partial charge < -0.3 is 4.74 Å². The monoisotopic (exact) mass is 204 g/mol. The van der Waals surface area contributed by atoms with E-state index in [1.54, 1.807) is 0 Å². The summed E-state index contributed by atoms with van der Waals surface area (Å²) in [7, 11) is 0. The van der Waals surface area contributed by atoms with Gasteiger partial charge in [0.2, 0.25) is 0 Å². The highest BCUT2D eigenvalue weighted by Crippen LogP contribution is 2.33. The van der Waals surface area contributed by atoms with Crippen molar-refractivity contribution in [2.24, 2.45) is 0 Å². The number of ketones is 1. The zero-order chi connectivity index (χ0) is 11.0. The Morgan fingerprint density at radius 3 is 2.67 bits per heavy atom. The molecule has 0 amide bonds. The molecular weight excluding hydrogens is 188 g/mol. The first-order chi connectivity index (χ1) is 7.15. The molecule has 0 atom stereocenters. The summed E-state index contributed by atoms with van der Waals surface area (Å²) in [4.78, 5) is 11.6. The van der Waals surface area contributed by atoms with E-state index in [-0.39, 0.29) is 5.78 Å². The van der Waals surface area contributed by atoms with Crippen molar-refractivity contribution in [1.82, 2.24) is 0 Å². The topological polar surface area (TPSA) is 26.3 Å². The molecule has 0 unspecified atom stereocenters. The van der Waals surface area contributed by atoms with Crippen LogP contribution in [0.1, 0.15) is 40.4 Å². The normalized spacial score (nSPS) is 14.2. The second-order valence-corrected chi connectivity index (χ2v) is 4.01. The molecule has 0 bridgehead atoms. The first-order valence-electron chi connectivity index (χ1n) is 5.44. The summed E-state index contributed by atoms with van der Waals surface area (Å²) in [6, 6.07) is 1.91. The lowest BCUT2D eigenvalue weighted by Crippen LogP contribution is -2.01. The molecule has 2 rings (SSSR count). The van der Waals surface area contributed by atoms with Crippen molar-refractivity contribution < 1.29 is 9.53 Å². The number of rotatable bonds is 2. The van der Waals surface area contributed by atoms with E-state index >= 15 is 0 Å². The molecule has 0 N–H and O–H groups in total. The Bertz CT molecular complexity index is 419. The third-order valence-corrected chi connectivity index (χ3v) is 3.19. The number of benzene rings is 1. The van der Waals surface area contributed by atoms with Crippen molar-refractivity contribution in [3.05, 3.63) is 28.3 Å². The summed E-state index contributed by atoms with van der Waals surface area (Å²) >= 11 is 0. The highest BCUT2D eigenvalue weighted by atomic mass is 16.5. The molecule has 2 nitrogen and oxygen atoms in total. The van der Waals surface area contributed by atoms with E-state index in [1.165, 1.54) is 16.7 Å². The van der Waals surface area contributed by atoms with Gasteiger partial charge in [0.05, 0.1) is 6.61 Å². The van der Waals surface area contributed by atoms with Crippen LogP contribution in [-0.2, 0) is 6.42 Å². The highest BCUT2D eigenvalue weighted by Gasteiger charge is 2.23. The Morgan fingerprint density at radius 2 is 2.00 bits per heavy atom. The van der Waals surface area contributed by atoms with Gasteiger partial charge in [-0.25, -0.2) is 0 Å². The van der Waals surface area contributed by atoms with Crippen LogP contribution in [-0.4, -0.2) is 12.4 Å². The number of hydrogen-bond donors (Lipinski definition) is 0.